The first kappa shape index (κ1) is 14.9. The standard InChI is InChI=1S/C13H19N3O3/c1-13(2,7-11(17)18)15-10-6-5-9(8-14-10)12(19)16(3)4/h5-6,8H,7H2,1-4H3,(H,14,15)(H,17,18). The molecule has 1 heterocycles. The summed E-state index contributed by atoms with van der Waals surface area (Å²) in [6.45, 7) is 3.56. The van der Waals surface area contributed by atoms with Gasteiger partial charge in [-0.25, -0.2) is 4.98 Å². The summed E-state index contributed by atoms with van der Waals surface area (Å²) in [7, 11) is 3.34. The summed E-state index contributed by atoms with van der Waals surface area (Å²) < 4.78 is 0. The van der Waals surface area contributed by atoms with Crippen LogP contribution in [0.5, 0.6) is 0 Å². The highest BCUT2D eigenvalue weighted by Crippen LogP contribution is 2.16. The highest BCUT2D eigenvalue weighted by molar-refractivity contribution is 5.93. The van der Waals surface area contributed by atoms with Crippen molar-refractivity contribution in [3.8, 4) is 0 Å². The number of anilines is 1. The Morgan fingerprint density at radius 1 is 1.37 bits per heavy atom. The normalized spacial score (nSPS) is 10.9. The molecule has 1 amide bonds. The zero-order chi connectivity index (χ0) is 14.6. The third kappa shape index (κ3) is 4.57. The van der Waals surface area contributed by atoms with Crippen LogP contribution in [0.4, 0.5) is 5.82 Å². The second kappa shape index (κ2) is 5.69. The summed E-state index contributed by atoms with van der Waals surface area (Å²) in [6, 6.07) is 3.33. The largest absolute Gasteiger partial charge is 0.481 e. The van der Waals surface area contributed by atoms with Crippen LogP contribution in [0, 0.1) is 0 Å². The average Bonchev–Trinajstić information content (AvgIpc) is 2.26. The van der Waals surface area contributed by atoms with Gasteiger partial charge in [0.15, 0.2) is 0 Å². The number of rotatable bonds is 5. The summed E-state index contributed by atoms with van der Waals surface area (Å²) in [5, 5.41) is 11.8. The lowest BCUT2D eigenvalue weighted by Crippen LogP contribution is -2.34. The van der Waals surface area contributed by atoms with Gasteiger partial charge in [-0.15, -0.1) is 0 Å². The quantitative estimate of drug-likeness (QED) is 0.842. The van der Waals surface area contributed by atoms with Crippen LogP contribution in [-0.2, 0) is 4.79 Å². The number of carbonyl (C=O) groups is 2. The van der Waals surface area contributed by atoms with Crippen LogP contribution >= 0.6 is 0 Å². The van der Waals surface area contributed by atoms with E-state index in [1.54, 1.807) is 40.1 Å². The van der Waals surface area contributed by atoms with Gasteiger partial charge in [0.2, 0.25) is 0 Å². The van der Waals surface area contributed by atoms with Gasteiger partial charge in [-0.3, -0.25) is 9.59 Å². The molecule has 0 atom stereocenters. The highest BCUT2D eigenvalue weighted by atomic mass is 16.4. The summed E-state index contributed by atoms with van der Waals surface area (Å²) in [5.41, 5.74) is -0.113. The van der Waals surface area contributed by atoms with Crippen LogP contribution in [-0.4, -0.2) is 46.5 Å². The number of hydrogen-bond donors (Lipinski definition) is 2. The minimum Gasteiger partial charge on any atom is -0.481 e. The van der Waals surface area contributed by atoms with Gasteiger partial charge >= 0.3 is 5.97 Å². The first-order valence-electron chi connectivity index (χ1n) is 5.89. The molecule has 0 aliphatic rings. The Morgan fingerprint density at radius 2 is 2.00 bits per heavy atom. The van der Waals surface area contributed by atoms with Crippen LogP contribution < -0.4 is 5.32 Å². The molecule has 2 N–H and O–H groups in total. The Labute approximate surface area is 112 Å². The molecule has 0 fully saturated rings. The Hall–Kier alpha value is -2.11. The lowest BCUT2D eigenvalue weighted by atomic mass is 10.0. The molecular formula is C13H19N3O3. The molecule has 0 aromatic carbocycles. The Morgan fingerprint density at radius 3 is 2.42 bits per heavy atom. The molecule has 104 valence electrons. The van der Waals surface area contributed by atoms with E-state index in [4.69, 9.17) is 5.11 Å². The van der Waals surface area contributed by atoms with Crippen LogP contribution in [0.25, 0.3) is 0 Å². The van der Waals surface area contributed by atoms with Crippen molar-refractivity contribution in [3.63, 3.8) is 0 Å². The number of carboxylic acid groups (broad SMARTS) is 1. The summed E-state index contributed by atoms with van der Waals surface area (Å²) >= 11 is 0. The maximum absolute atomic E-state index is 11.7. The minimum atomic E-state index is -0.878. The Kier molecular flexibility index (Phi) is 4.47. The Bertz CT molecular complexity index is 467. The van der Waals surface area contributed by atoms with Crippen molar-refractivity contribution in [1.29, 1.82) is 0 Å². The monoisotopic (exact) mass is 265 g/mol. The van der Waals surface area contributed by atoms with Gasteiger partial charge in [-0.2, -0.15) is 0 Å². The van der Waals surface area contributed by atoms with Crippen molar-refractivity contribution < 1.29 is 14.7 Å². The summed E-state index contributed by atoms with van der Waals surface area (Å²) in [5.74, 6) is -0.456. The molecule has 0 bridgehead atoms. The number of pyridine rings is 1. The molecule has 0 radical (unpaired) electrons. The van der Waals surface area contributed by atoms with E-state index in [0.717, 1.165) is 0 Å². The molecule has 1 aromatic rings. The van der Waals surface area contributed by atoms with Crippen molar-refractivity contribution in [2.24, 2.45) is 0 Å². The van der Waals surface area contributed by atoms with E-state index in [1.165, 1.54) is 11.1 Å². The van der Waals surface area contributed by atoms with Crippen molar-refractivity contribution >= 4 is 17.7 Å². The zero-order valence-corrected chi connectivity index (χ0v) is 11.6. The van der Waals surface area contributed by atoms with E-state index in [9.17, 15) is 9.59 Å². The van der Waals surface area contributed by atoms with E-state index in [1.807, 2.05) is 0 Å². The molecule has 0 unspecified atom stereocenters. The van der Waals surface area contributed by atoms with Crippen LogP contribution in [0.3, 0.4) is 0 Å². The smallest absolute Gasteiger partial charge is 0.305 e. The van der Waals surface area contributed by atoms with Crippen molar-refractivity contribution in [3.05, 3.63) is 23.9 Å². The van der Waals surface area contributed by atoms with E-state index >= 15 is 0 Å². The maximum Gasteiger partial charge on any atom is 0.305 e. The van der Waals surface area contributed by atoms with Gasteiger partial charge in [0.1, 0.15) is 5.82 Å². The number of amides is 1. The van der Waals surface area contributed by atoms with E-state index in [-0.39, 0.29) is 12.3 Å². The van der Waals surface area contributed by atoms with Gasteiger partial charge in [0.05, 0.1) is 12.0 Å². The molecule has 19 heavy (non-hydrogen) atoms. The van der Waals surface area contributed by atoms with Gasteiger partial charge < -0.3 is 15.3 Å². The molecule has 0 spiro atoms. The van der Waals surface area contributed by atoms with Crippen molar-refractivity contribution in [2.75, 3.05) is 19.4 Å². The number of carbonyl (C=O) groups excluding carboxylic acids is 1. The maximum atomic E-state index is 11.7. The third-order valence-electron chi connectivity index (χ3n) is 2.48. The predicted octanol–water partition coefficient (Wildman–Crippen LogP) is 1.45. The molecule has 0 saturated heterocycles. The van der Waals surface area contributed by atoms with Crippen LogP contribution in [0.2, 0.25) is 0 Å². The molecule has 0 aliphatic heterocycles. The predicted molar refractivity (Wildman–Crippen MR) is 72.2 cm³/mol. The second-order valence-corrected chi connectivity index (χ2v) is 5.21. The fraction of sp³-hybridized carbons (Fsp3) is 0.462. The number of aromatic nitrogens is 1. The summed E-state index contributed by atoms with van der Waals surface area (Å²) in [4.78, 5) is 28.0. The number of nitrogens with zero attached hydrogens (tertiary/aromatic N) is 2. The van der Waals surface area contributed by atoms with E-state index < -0.39 is 11.5 Å². The molecule has 0 aliphatic carbocycles. The molecule has 0 saturated carbocycles. The second-order valence-electron chi connectivity index (χ2n) is 5.21. The molecule has 6 heteroatoms. The van der Waals surface area contributed by atoms with Gasteiger partial charge in [0.25, 0.3) is 5.91 Å². The first-order chi connectivity index (χ1) is 8.71. The number of carboxylic acids is 1. The lowest BCUT2D eigenvalue weighted by Gasteiger charge is -2.25. The van der Waals surface area contributed by atoms with Crippen molar-refractivity contribution in [1.82, 2.24) is 9.88 Å². The molecule has 1 rings (SSSR count). The average molecular weight is 265 g/mol. The summed E-state index contributed by atoms with van der Waals surface area (Å²) in [6.07, 6.45) is 1.45. The number of aliphatic carboxylic acids is 1. The lowest BCUT2D eigenvalue weighted by molar-refractivity contribution is -0.137. The SMILES string of the molecule is CN(C)C(=O)c1ccc(NC(C)(C)CC(=O)O)nc1. The molecule has 1 aromatic heterocycles. The van der Waals surface area contributed by atoms with Gasteiger partial charge in [-0.1, -0.05) is 0 Å². The zero-order valence-electron chi connectivity index (χ0n) is 11.6. The van der Waals surface area contributed by atoms with Gasteiger partial charge in [-0.05, 0) is 26.0 Å². The van der Waals surface area contributed by atoms with Crippen LogP contribution in [0.1, 0.15) is 30.6 Å². The third-order valence-corrected chi connectivity index (χ3v) is 2.48. The fourth-order valence-electron chi connectivity index (χ4n) is 1.62. The number of hydrogen-bond acceptors (Lipinski definition) is 4. The molecule has 6 nitrogen and oxygen atoms in total. The highest BCUT2D eigenvalue weighted by Gasteiger charge is 2.21. The molecular weight excluding hydrogens is 246 g/mol. The fourth-order valence-corrected chi connectivity index (χ4v) is 1.62. The van der Waals surface area contributed by atoms with Gasteiger partial charge in [0, 0.05) is 25.8 Å². The number of nitrogens with one attached hydrogen (secondary N) is 1. The van der Waals surface area contributed by atoms with E-state index in [0.29, 0.717) is 11.4 Å². The van der Waals surface area contributed by atoms with E-state index in [2.05, 4.69) is 10.3 Å². The minimum absolute atomic E-state index is 0.0208. The first-order valence-corrected chi connectivity index (χ1v) is 5.89. The van der Waals surface area contributed by atoms with Crippen LogP contribution in [0.15, 0.2) is 18.3 Å². The van der Waals surface area contributed by atoms with Crippen molar-refractivity contribution in [2.45, 2.75) is 25.8 Å². The topological polar surface area (TPSA) is 82.5 Å². The Balaban J connectivity index is 2.77.